The molecule has 0 aromatic heterocycles. The van der Waals surface area contributed by atoms with Crippen LogP contribution in [0.1, 0.15) is 33.1 Å². The van der Waals surface area contributed by atoms with Crippen LogP contribution in [0.2, 0.25) is 0 Å². The van der Waals surface area contributed by atoms with Crippen molar-refractivity contribution in [2.75, 3.05) is 6.54 Å². The van der Waals surface area contributed by atoms with E-state index in [1.165, 1.54) is 16.7 Å². The molecule has 0 saturated heterocycles. The summed E-state index contributed by atoms with van der Waals surface area (Å²) in [6.07, 6.45) is 15.1. The second-order valence-corrected chi connectivity index (χ2v) is 5.27. The molecule has 0 fully saturated rings. The molecule has 2 aliphatic rings. The smallest absolute Gasteiger partial charge is 0.00292 e. The Balaban J connectivity index is 2.00. The van der Waals surface area contributed by atoms with E-state index < -0.39 is 0 Å². The average Bonchev–Trinajstić information content (AvgIpc) is 2.83. The summed E-state index contributed by atoms with van der Waals surface area (Å²) in [7, 11) is 0. The highest BCUT2D eigenvalue weighted by Gasteiger charge is 2.16. The fourth-order valence-electron chi connectivity index (χ4n) is 2.67. The van der Waals surface area contributed by atoms with Crippen LogP contribution < -0.4 is 5.73 Å². The second-order valence-electron chi connectivity index (χ2n) is 5.27. The Kier molecular flexibility index (Phi) is 4.01. The first-order chi connectivity index (χ1) is 8.19. The van der Waals surface area contributed by atoms with Gasteiger partial charge in [0.25, 0.3) is 0 Å². The minimum Gasteiger partial charge on any atom is -0.330 e. The number of hydrogen-bond acceptors (Lipinski definition) is 1. The van der Waals surface area contributed by atoms with E-state index in [1.54, 1.807) is 0 Å². The summed E-state index contributed by atoms with van der Waals surface area (Å²) in [4.78, 5) is 0. The quantitative estimate of drug-likeness (QED) is 0.763. The summed E-state index contributed by atoms with van der Waals surface area (Å²) in [5.41, 5.74) is 10.1. The minimum atomic E-state index is 0.598. The molecule has 1 nitrogen and oxygen atoms in total. The van der Waals surface area contributed by atoms with Crippen molar-refractivity contribution in [2.24, 2.45) is 17.6 Å². The Labute approximate surface area is 105 Å². The SMILES string of the molecule is CC1C=CC(CC2=CC(C)C=C2CCCN)=C1. The van der Waals surface area contributed by atoms with Crippen LogP contribution in [0, 0.1) is 11.8 Å². The molecule has 0 aromatic carbocycles. The third-order valence-corrected chi connectivity index (χ3v) is 3.48. The van der Waals surface area contributed by atoms with Gasteiger partial charge in [-0.2, -0.15) is 0 Å². The molecule has 0 aliphatic heterocycles. The second kappa shape index (κ2) is 5.50. The van der Waals surface area contributed by atoms with Gasteiger partial charge in [0.15, 0.2) is 0 Å². The van der Waals surface area contributed by atoms with Crippen LogP contribution in [-0.2, 0) is 0 Å². The van der Waals surface area contributed by atoms with Gasteiger partial charge in [0.1, 0.15) is 0 Å². The highest BCUT2D eigenvalue weighted by Crippen LogP contribution is 2.33. The predicted molar refractivity (Wildman–Crippen MR) is 74.6 cm³/mol. The van der Waals surface area contributed by atoms with Crippen LogP contribution in [0.25, 0.3) is 0 Å². The third-order valence-electron chi connectivity index (χ3n) is 3.48. The number of nitrogens with two attached hydrogens (primary N) is 1. The molecular weight excluding hydrogens is 206 g/mol. The van der Waals surface area contributed by atoms with E-state index in [0.29, 0.717) is 11.8 Å². The molecule has 2 atom stereocenters. The van der Waals surface area contributed by atoms with Gasteiger partial charge in [-0.05, 0) is 54.4 Å². The van der Waals surface area contributed by atoms with Crippen molar-refractivity contribution in [3.05, 3.63) is 47.1 Å². The Morgan fingerprint density at radius 1 is 1.06 bits per heavy atom. The van der Waals surface area contributed by atoms with Gasteiger partial charge in [-0.3, -0.25) is 0 Å². The van der Waals surface area contributed by atoms with Crippen molar-refractivity contribution >= 4 is 0 Å². The first-order valence-electron chi connectivity index (χ1n) is 6.69. The molecule has 0 spiro atoms. The van der Waals surface area contributed by atoms with E-state index in [9.17, 15) is 0 Å². The molecule has 17 heavy (non-hydrogen) atoms. The Morgan fingerprint density at radius 2 is 1.82 bits per heavy atom. The molecular formula is C16H23N. The Hall–Kier alpha value is -1.08. The maximum atomic E-state index is 5.60. The molecule has 2 N–H and O–H groups in total. The first kappa shape index (κ1) is 12.4. The summed E-state index contributed by atoms with van der Waals surface area (Å²) in [6.45, 7) is 5.29. The molecule has 0 aromatic rings. The van der Waals surface area contributed by atoms with Crippen LogP contribution in [0.5, 0.6) is 0 Å². The van der Waals surface area contributed by atoms with Crippen LogP contribution in [0.15, 0.2) is 47.1 Å². The normalized spacial score (nSPS) is 27.1. The first-order valence-corrected chi connectivity index (χ1v) is 6.69. The fraction of sp³-hybridized carbons (Fsp3) is 0.500. The molecule has 1 heteroatoms. The third kappa shape index (κ3) is 3.19. The van der Waals surface area contributed by atoms with Gasteiger partial charge >= 0.3 is 0 Å². The lowest BCUT2D eigenvalue weighted by atomic mass is 9.98. The zero-order valence-corrected chi connectivity index (χ0v) is 10.9. The summed E-state index contributed by atoms with van der Waals surface area (Å²) < 4.78 is 0. The summed E-state index contributed by atoms with van der Waals surface area (Å²) in [6, 6.07) is 0. The molecule has 2 unspecified atom stereocenters. The van der Waals surface area contributed by atoms with Gasteiger partial charge < -0.3 is 5.73 Å². The van der Waals surface area contributed by atoms with Crippen LogP contribution in [0.4, 0.5) is 0 Å². The van der Waals surface area contributed by atoms with Crippen molar-refractivity contribution < 1.29 is 0 Å². The molecule has 0 radical (unpaired) electrons. The van der Waals surface area contributed by atoms with Crippen molar-refractivity contribution in [1.29, 1.82) is 0 Å². The van der Waals surface area contributed by atoms with Crippen LogP contribution >= 0.6 is 0 Å². The van der Waals surface area contributed by atoms with Gasteiger partial charge in [-0.15, -0.1) is 0 Å². The number of allylic oxidation sites excluding steroid dienone is 8. The lowest BCUT2D eigenvalue weighted by Gasteiger charge is -2.08. The van der Waals surface area contributed by atoms with Gasteiger partial charge in [-0.1, -0.05) is 44.2 Å². The minimum absolute atomic E-state index is 0.598. The fourth-order valence-corrected chi connectivity index (χ4v) is 2.67. The monoisotopic (exact) mass is 229 g/mol. The highest BCUT2D eigenvalue weighted by molar-refractivity contribution is 5.44. The zero-order valence-electron chi connectivity index (χ0n) is 10.9. The lowest BCUT2D eigenvalue weighted by Crippen LogP contribution is -1.99. The topological polar surface area (TPSA) is 26.0 Å². The predicted octanol–water partition coefficient (Wildman–Crippen LogP) is 3.75. The van der Waals surface area contributed by atoms with E-state index in [2.05, 4.69) is 44.2 Å². The molecule has 2 rings (SSSR count). The molecule has 0 bridgehead atoms. The maximum absolute atomic E-state index is 5.60. The molecule has 0 amide bonds. The van der Waals surface area contributed by atoms with Crippen molar-refractivity contribution in [3.63, 3.8) is 0 Å². The van der Waals surface area contributed by atoms with E-state index in [4.69, 9.17) is 5.73 Å². The summed E-state index contributed by atoms with van der Waals surface area (Å²) >= 11 is 0. The van der Waals surface area contributed by atoms with E-state index in [1.807, 2.05) is 0 Å². The number of hydrogen-bond donors (Lipinski definition) is 1. The maximum Gasteiger partial charge on any atom is -0.00292 e. The van der Waals surface area contributed by atoms with Crippen LogP contribution in [-0.4, -0.2) is 6.54 Å². The largest absolute Gasteiger partial charge is 0.330 e. The zero-order chi connectivity index (χ0) is 12.3. The van der Waals surface area contributed by atoms with Gasteiger partial charge in [0, 0.05) is 0 Å². The molecule has 0 heterocycles. The molecule has 92 valence electrons. The molecule has 0 saturated carbocycles. The van der Waals surface area contributed by atoms with Gasteiger partial charge in [0.05, 0.1) is 0 Å². The standard InChI is InChI=1S/C16H23N/c1-12-5-6-14(8-12)11-16-10-13(2)9-15(16)4-3-7-17/h5-6,8-10,12-13H,3-4,7,11,17H2,1-2H3. The summed E-state index contributed by atoms with van der Waals surface area (Å²) in [5.74, 6) is 1.21. The van der Waals surface area contributed by atoms with E-state index >= 15 is 0 Å². The van der Waals surface area contributed by atoms with Crippen LogP contribution in [0.3, 0.4) is 0 Å². The van der Waals surface area contributed by atoms with Gasteiger partial charge in [0.2, 0.25) is 0 Å². The average molecular weight is 229 g/mol. The highest BCUT2D eigenvalue weighted by atomic mass is 14.5. The lowest BCUT2D eigenvalue weighted by molar-refractivity contribution is 0.822. The van der Waals surface area contributed by atoms with Crippen molar-refractivity contribution in [2.45, 2.75) is 33.1 Å². The molecule has 2 aliphatic carbocycles. The van der Waals surface area contributed by atoms with Crippen molar-refractivity contribution in [3.8, 4) is 0 Å². The number of rotatable bonds is 5. The van der Waals surface area contributed by atoms with Gasteiger partial charge in [-0.25, -0.2) is 0 Å². The van der Waals surface area contributed by atoms with E-state index in [-0.39, 0.29) is 0 Å². The Bertz CT molecular complexity index is 396. The van der Waals surface area contributed by atoms with Crippen molar-refractivity contribution in [1.82, 2.24) is 0 Å². The Morgan fingerprint density at radius 3 is 2.47 bits per heavy atom. The van der Waals surface area contributed by atoms with E-state index in [0.717, 1.165) is 25.8 Å². The summed E-state index contributed by atoms with van der Waals surface area (Å²) in [5, 5.41) is 0.